The van der Waals surface area contributed by atoms with Crippen LogP contribution in [0.15, 0.2) is 42.5 Å². The Morgan fingerprint density at radius 3 is 2.47 bits per heavy atom. The van der Waals surface area contributed by atoms with E-state index in [9.17, 15) is 9.59 Å². The Morgan fingerprint density at radius 2 is 1.81 bits per heavy atom. The Bertz CT molecular complexity index is 979. The van der Waals surface area contributed by atoms with Crippen LogP contribution in [0.5, 0.6) is 5.75 Å². The van der Waals surface area contributed by atoms with Crippen LogP contribution < -0.4 is 10.1 Å². The normalized spacial score (nSPS) is 18.8. The average molecular weight is 435 g/mol. The molecule has 1 saturated carbocycles. The first-order chi connectivity index (χ1) is 15.3. The van der Waals surface area contributed by atoms with Crippen molar-refractivity contribution in [3.8, 4) is 5.75 Å². The SMILES string of the molecule is Cc1ccc([C@H]2c3cc(O[C@H](C)C(=O)NCC(C)C)ccc3CCN2C(=O)C2CC2)cc1. The van der Waals surface area contributed by atoms with Gasteiger partial charge in [0, 0.05) is 19.0 Å². The molecule has 2 aliphatic rings. The van der Waals surface area contributed by atoms with E-state index in [4.69, 9.17) is 4.74 Å². The third kappa shape index (κ3) is 4.98. The van der Waals surface area contributed by atoms with Crippen LogP contribution in [0.3, 0.4) is 0 Å². The van der Waals surface area contributed by atoms with Gasteiger partial charge in [0.05, 0.1) is 6.04 Å². The van der Waals surface area contributed by atoms with E-state index < -0.39 is 6.10 Å². The first kappa shape index (κ1) is 22.4. The summed E-state index contributed by atoms with van der Waals surface area (Å²) in [5, 5.41) is 2.93. The summed E-state index contributed by atoms with van der Waals surface area (Å²) < 4.78 is 6.02. The van der Waals surface area contributed by atoms with Gasteiger partial charge >= 0.3 is 0 Å². The number of amides is 2. The Hall–Kier alpha value is -2.82. The van der Waals surface area contributed by atoms with Crippen LogP contribution >= 0.6 is 0 Å². The van der Waals surface area contributed by atoms with E-state index >= 15 is 0 Å². The highest BCUT2D eigenvalue weighted by Crippen LogP contribution is 2.41. The van der Waals surface area contributed by atoms with Crippen molar-refractivity contribution in [1.82, 2.24) is 10.2 Å². The van der Waals surface area contributed by atoms with Gasteiger partial charge in [-0.15, -0.1) is 0 Å². The predicted octanol–water partition coefficient (Wildman–Crippen LogP) is 4.42. The summed E-state index contributed by atoms with van der Waals surface area (Å²) in [6, 6.07) is 14.4. The van der Waals surface area contributed by atoms with Crippen molar-refractivity contribution in [2.24, 2.45) is 11.8 Å². The Morgan fingerprint density at radius 1 is 1.09 bits per heavy atom. The van der Waals surface area contributed by atoms with E-state index in [1.165, 1.54) is 11.1 Å². The second kappa shape index (κ2) is 9.35. The second-order valence-electron chi connectivity index (χ2n) is 9.63. The monoisotopic (exact) mass is 434 g/mol. The van der Waals surface area contributed by atoms with Gasteiger partial charge < -0.3 is 15.0 Å². The zero-order chi connectivity index (χ0) is 22.8. The highest BCUT2D eigenvalue weighted by Gasteiger charge is 2.39. The zero-order valence-electron chi connectivity index (χ0n) is 19.6. The van der Waals surface area contributed by atoms with Gasteiger partial charge in [0.1, 0.15) is 5.75 Å². The van der Waals surface area contributed by atoms with Crippen LogP contribution in [0, 0.1) is 18.8 Å². The lowest BCUT2D eigenvalue weighted by Gasteiger charge is -2.38. The van der Waals surface area contributed by atoms with E-state index in [0.717, 1.165) is 36.9 Å². The van der Waals surface area contributed by atoms with Crippen molar-refractivity contribution in [2.75, 3.05) is 13.1 Å². The minimum atomic E-state index is -0.586. The Labute approximate surface area is 191 Å². The number of carbonyl (C=O) groups excluding carboxylic acids is 2. The zero-order valence-corrected chi connectivity index (χ0v) is 19.6. The highest BCUT2D eigenvalue weighted by atomic mass is 16.5. The molecule has 1 N–H and O–H groups in total. The van der Waals surface area contributed by atoms with Crippen LogP contribution in [0.4, 0.5) is 0 Å². The van der Waals surface area contributed by atoms with Crippen molar-refractivity contribution in [3.63, 3.8) is 0 Å². The number of aryl methyl sites for hydroxylation is 1. The molecule has 32 heavy (non-hydrogen) atoms. The van der Waals surface area contributed by atoms with E-state index in [-0.39, 0.29) is 23.8 Å². The number of nitrogens with one attached hydrogen (secondary N) is 1. The minimum Gasteiger partial charge on any atom is -0.481 e. The molecule has 0 aromatic heterocycles. The quantitative estimate of drug-likeness (QED) is 0.702. The number of carbonyl (C=O) groups is 2. The molecule has 1 aliphatic carbocycles. The number of rotatable bonds is 7. The van der Waals surface area contributed by atoms with Crippen LogP contribution in [-0.4, -0.2) is 35.9 Å². The van der Waals surface area contributed by atoms with Crippen molar-refractivity contribution in [3.05, 3.63) is 64.7 Å². The number of hydrogen-bond donors (Lipinski definition) is 1. The summed E-state index contributed by atoms with van der Waals surface area (Å²) >= 11 is 0. The van der Waals surface area contributed by atoms with E-state index in [1.807, 2.05) is 17.0 Å². The van der Waals surface area contributed by atoms with Gasteiger partial charge in [-0.3, -0.25) is 9.59 Å². The maximum atomic E-state index is 13.1. The lowest BCUT2D eigenvalue weighted by molar-refractivity contribution is -0.134. The molecule has 2 amide bonds. The Kier molecular flexibility index (Phi) is 6.54. The number of hydrogen-bond acceptors (Lipinski definition) is 3. The summed E-state index contributed by atoms with van der Waals surface area (Å²) in [6.07, 6.45) is 2.24. The van der Waals surface area contributed by atoms with Gasteiger partial charge in [0.2, 0.25) is 5.91 Å². The first-order valence-electron chi connectivity index (χ1n) is 11.8. The number of fused-ring (bicyclic) bond motifs is 1. The maximum Gasteiger partial charge on any atom is 0.260 e. The number of benzene rings is 2. The molecule has 1 heterocycles. The average Bonchev–Trinajstić information content (AvgIpc) is 3.62. The van der Waals surface area contributed by atoms with Crippen molar-refractivity contribution < 1.29 is 14.3 Å². The predicted molar refractivity (Wildman–Crippen MR) is 126 cm³/mol. The van der Waals surface area contributed by atoms with Crippen molar-refractivity contribution in [2.45, 2.75) is 59.1 Å². The molecule has 0 bridgehead atoms. The molecule has 0 spiro atoms. The fourth-order valence-corrected chi connectivity index (χ4v) is 4.28. The molecule has 1 fully saturated rings. The molecular weight excluding hydrogens is 400 g/mol. The van der Waals surface area contributed by atoms with Crippen LogP contribution in [-0.2, 0) is 16.0 Å². The third-order valence-electron chi connectivity index (χ3n) is 6.32. The van der Waals surface area contributed by atoms with E-state index in [2.05, 4.69) is 56.4 Å². The summed E-state index contributed by atoms with van der Waals surface area (Å²) in [4.78, 5) is 27.6. The van der Waals surface area contributed by atoms with E-state index in [1.54, 1.807) is 6.92 Å². The second-order valence-corrected chi connectivity index (χ2v) is 9.63. The number of nitrogens with zero attached hydrogens (tertiary/aromatic N) is 1. The maximum absolute atomic E-state index is 13.1. The summed E-state index contributed by atoms with van der Waals surface area (Å²) in [5.74, 6) is 1.37. The molecule has 170 valence electrons. The van der Waals surface area contributed by atoms with Crippen molar-refractivity contribution in [1.29, 1.82) is 0 Å². The van der Waals surface area contributed by atoms with Crippen LogP contribution in [0.25, 0.3) is 0 Å². The van der Waals surface area contributed by atoms with Gasteiger partial charge in [-0.05, 0) is 67.9 Å². The lowest BCUT2D eigenvalue weighted by Crippen LogP contribution is -2.41. The van der Waals surface area contributed by atoms with E-state index in [0.29, 0.717) is 18.2 Å². The largest absolute Gasteiger partial charge is 0.481 e. The highest BCUT2D eigenvalue weighted by molar-refractivity contribution is 5.82. The van der Waals surface area contributed by atoms with Gasteiger partial charge in [-0.1, -0.05) is 49.7 Å². The minimum absolute atomic E-state index is 0.114. The molecule has 5 nitrogen and oxygen atoms in total. The molecule has 2 aromatic rings. The summed E-state index contributed by atoms with van der Waals surface area (Å²) in [6.45, 7) is 9.34. The molecule has 5 heteroatoms. The molecule has 0 radical (unpaired) electrons. The standard InChI is InChI=1S/C27H34N2O3/c1-17(2)16-28-26(30)19(4)32-23-12-11-20-13-14-29(27(31)22-9-10-22)25(24(20)15-23)21-7-5-18(3)6-8-21/h5-8,11-12,15,17,19,22,25H,9-10,13-14,16H2,1-4H3,(H,28,30)/t19-,25+/m1/s1. The molecule has 0 saturated heterocycles. The fraction of sp³-hybridized carbons (Fsp3) is 0.481. The molecule has 0 unspecified atom stereocenters. The fourth-order valence-electron chi connectivity index (χ4n) is 4.28. The van der Waals surface area contributed by atoms with Crippen LogP contribution in [0.2, 0.25) is 0 Å². The molecule has 2 aromatic carbocycles. The first-order valence-corrected chi connectivity index (χ1v) is 11.8. The topological polar surface area (TPSA) is 58.6 Å². The summed E-state index contributed by atoms with van der Waals surface area (Å²) in [5.41, 5.74) is 4.65. The molecular formula is C27H34N2O3. The third-order valence-corrected chi connectivity index (χ3v) is 6.32. The number of ether oxygens (including phenoxy) is 1. The Balaban J connectivity index is 1.62. The van der Waals surface area contributed by atoms with Crippen LogP contribution in [0.1, 0.15) is 61.9 Å². The molecule has 2 atom stereocenters. The smallest absolute Gasteiger partial charge is 0.260 e. The summed E-state index contributed by atoms with van der Waals surface area (Å²) in [7, 11) is 0. The van der Waals surface area contributed by atoms with Crippen molar-refractivity contribution >= 4 is 11.8 Å². The van der Waals surface area contributed by atoms with Gasteiger partial charge in [-0.2, -0.15) is 0 Å². The molecule has 4 rings (SSSR count). The lowest BCUT2D eigenvalue weighted by atomic mass is 9.87. The van der Waals surface area contributed by atoms with Gasteiger partial charge in [0.25, 0.3) is 5.91 Å². The van der Waals surface area contributed by atoms with Gasteiger partial charge in [0.15, 0.2) is 6.10 Å². The van der Waals surface area contributed by atoms with Gasteiger partial charge in [-0.25, -0.2) is 0 Å². The molecule has 1 aliphatic heterocycles.